The van der Waals surface area contributed by atoms with Gasteiger partial charge in [0.15, 0.2) is 0 Å². The van der Waals surface area contributed by atoms with Crippen LogP contribution in [0.4, 0.5) is 5.82 Å². The molecule has 1 rings (SSSR count). The molecule has 0 N–H and O–H groups in total. The third kappa shape index (κ3) is 2.48. The highest BCUT2D eigenvalue weighted by molar-refractivity contribution is 5.61. The lowest BCUT2D eigenvalue weighted by molar-refractivity contribution is -0.389. The van der Waals surface area contributed by atoms with Crippen molar-refractivity contribution in [1.82, 2.24) is 4.98 Å². The van der Waals surface area contributed by atoms with Crippen molar-refractivity contribution in [3.63, 3.8) is 0 Å². The van der Waals surface area contributed by atoms with Crippen LogP contribution in [0.25, 0.3) is 6.08 Å². The van der Waals surface area contributed by atoms with Gasteiger partial charge in [-0.1, -0.05) is 6.08 Å². The summed E-state index contributed by atoms with van der Waals surface area (Å²) in [5.41, 5.74) is 0.402. The Hall–Kier alpha value is -2.04. The lowest BCUT2D eigenvalue weighted by atomic mass is 10.2. The van der Waals surface area contributed by atoms with Crippen LogP contribution in [0.3, 0.4) is 0 Å². The molecule has 0 saturated carbocycles. The molecule has 72 valence electrons. The summed E-state index contributed by atoms with van der Waals surface area (Å²) in [4.78, 5) is 23.6. The number of allylic oxidation sites excluding steroid dienone is 1. The first-order valence-corrected chi connectivity index (χ1v) is 3.95. The van der Waals surface area contributed by atoms with Crippen LogP contribution in [0.1, 0.15) is 12.0 Å². The molecule has 0 radical (unpaired) electrons. The molecule has 0 fully saturated rings. The Bertz CT molecular complexity index is 374. The van der Waals surface area contributed by atoms with Gasteiger partial charge in [-0.15, -0.1) is 0 Å². The number of nitrogens with zero attached hydrogens (tertiary/aromatic N) is 2. The average Bonchev–Trinajstić information content (AvgIpc) is 2.19. The second kappa shape index (κ2) is 4.86. The molecule has 0 saturated heterocycles. The molecule has 1 aromatic heterocycles. The third-order valence-electron chi connectivity index (χ3n) is 1.52. The second-order valence-corrected chi connectivity index (χ2v) is 2.48. The van der Waals surface area contributed by atoms with Crippen molar-refractivity contribution in [2.45, 2.75) is 6.42 Å². The number of carbonyl (C=O) groups excluding carboxylic acids is 1. The van der Waals surface area contributed by atoms with E-state index in [-0.39, 0.29) is 12.2 Å². The van der Waals surface area contributed by atoms with E-state index >= 15 is 0 Å². The van der Waals surface area contributed by atoms with Crippen molar-refractivity contribution in [1.29, 1.82) is 0 Å². The van der Waals surface area contributed by atoms with E-state index in [1.165, 1.54) is 12.3 Å². The molecule has 0 bridgehead atoms. The Morgan fingerprint density at radius 2 is 2.36 bits per heavy atom. The van der Waals surface area contributed by atoms with Crippen molar-refractivity contribution in [3.8, 4) is 0 Å². The summed E-state index contributed by atoms with van der Waals surface area (Å²) in [7, 11) is 0. The fraction of sp³-hybridized carbons (Fsp3) is 0.111. The molecule has 0 aliphatic carbocycles. The number of aldehydes is 1. The minimum absolute atomic E-state index is 0.199. The summed E-state index contributed by atoms with van der Waals surface area (Å²) in [6.45, 7) is 0. The highest BCUT2D eigenvalue weighted by Crippen LogP contribution is 2.15. The number of rotatable bonds is 4. The summed E-state index contributed by atoms with van der Waals surface area (Å²) in [5.74, 6) is -0.199. The van der Waals surface area contributed by atoms with Gasteiger partial charge in [0.1, 0.15) is 12.5 Å². The van der Waals surface area contributed by atoms with E-state index in [0.717, 1.165) is 6.29 Å². The van der Waals surface area contributed by atoms with Crippen LogP contribution in [-0.4, -0.2) is 16.2 Å². The van der Waals surface area contributed by atoms with Crippen LogP contribution >= 0.6 is 0 Å². The Morgan fingerprint density at radius 1 is 1.57 bits per heavy atom. The molecule has 0 aromatic carbocycles. The monoisotopic (exact) mass is 192 g/mol. The molecule has 0 aliphatic heterocycles. The quantitative estimate of drug-likeness (QED) is 0.412. The molecule has 5 nitrogen and oxygen atoms in total. The van der Waals surface area contributed by atoms with Crippen LogP contribution in [0.2, 0.25) is 0 Å². The van der Waals surface area contributed by atoms with Gasteiger partial charge in [0, 0.05) is 6.42 Å². The number of carbonyl (C=O) groups is 1. The van der Waals surface area contributed by atoms with Gasteiger partial charge in [0.25, 0.3) is 0 Å². The number of pyridine rings is 1. The molecule has 1 heterocycles. The van der Waals surface area contributed by atoms with Gasteiger partial charge in [-0.25, -0.2) is 0 Å². The van der Waals surface area contributed by atoms with Gasteiger partial charge in [-0.2, -0.15) is 0 Å². The molecule has 0 unspecified atom stereocenters. The molecule has 0 spiro atoms. The zero-order valence-electron chi connectivity index (χ0n) is 7.29. The predicted octanol–water partition coefficient (Wildman–Crippen LogP) is 1.59. The molecule has 0 amide bonds. The zero-order chi connectivity index (χ0) is 10.4. The van der Waals surface area contributed by atoms with E-state index in [1.807, 2.05) is 0 Å². The Kier molecular flexibility index (Phi) is 3.49. The fourth-order valence-electron chi connectivity index (χ4n) is 0.943. The Morgan fingerprint density at radius 3 is 3.00 bits per heavy atom. The maximum Gasteiger partial charge on any atom is 0.370 e. The minimum Gasteiger partial charge on any atom is -0.358 e. The standard InChI is InChI=1S/C9H8N2O3/c12-7-2-1-4-8-5-3-6-10-9(8)11(13)14/h1,3-7H,2H2. The lowest BCUT2D eigenvalue weighted by Gasteiger charge is -1.94. The smallest absolute Gasteiger partial charge is 0.358 e. The fourth-order valence-corrected chi connectivity index (χ4v) is 0.943. The molecule has 5 heteroatoms. The van der Waals surface area contributed by atoms with Crippen LogP contribution < -0.4 is 0 Å². The maximum absolute atomic E-state index is 10.5. The molecular formula is C9H8N2O3. The highest BCUT2D eigenvalue weighted by atomic mass is 16.6. The van der Waals surface area contributed by atoms with Gasteiger partial charge >= 0.3 is 5.82 Å². The highest BCUT2D eigenvalue weighted by Gasteiger charge is 2.10. The summed E-state index contributed by atoms with van der Waals surface area (Å²) in [6, 6.07) is 3.18. The third-order valence-corrected chi connectivity index (χ3v) is 1.52. The lowest BCUT2D eigenvalue weighted by Crippen LogP contribution is -1.94. The van der Waals surface area contributed by atoms with Crippen molar-refractivity contribution in [3.05, 3.63) is 40.1 Å². The van der Waals surface area contributed by atoms with Crippen molar-refractivity contribution in [2.24, 2.45) is 0 Å². The number of hydrogen-bond donors (Lipinski definition) is 0. The number of nitro groups is 1. The summed E-state index contributed by atoms with van der Waals surface area (Å²) >= 11 is 0. The van der Waals surface area contributed by atoms with E-state index < -0.39 is 4.92 Å². The van der Waals surface area contributed by atoms with Gasteiger partial charge in [-0.05, 0) is 28.1 Å². The van der Waals surface area contributed by atoms with Gasteiger partial charge in [0.2, 0.25) is 0 Å². The molecule has 0 atom stereocenters. The first-order chi connectivity index (χ1) is 6.75. The van der Waals surface area contributed by atoms with E-state index in [9.17, 15) is 14.9 Å². The minimum atomic E-state index is -0.555. The average molecular weight is 192 g/mol. The van der Waals surface area contributed by atoms with Gasteiger partial charge < -0.3 is 14.9 Å². The van der Waals surface area contributed by atoms with Crippen LogP contribution in [0.15, 0.2) is 24.4 Å². The topological polar surface area (TPSA) is 73.1 Å². The van der Waals surface area contributed by atoms with E-state index in [0.29, 0.717) is 5.56 Å². The summed E-state index contributed by atoms with van der Waals surface area (Å²) < 4.78 is 0. The molecule has 14 heavy (non-hydrogen) atoms. The number of hydrogen-bond acceptors (Lipinski definition) is 4. The number of aromatic nitrogens is 1. The normalized spacial score (nSPS) is 10.3. The van der Waals surface area contributed by atoms with Gasteiger partial charge in [-0.3, -0.25) is 0 Å². The van der Waals surface area contributed by atoms with Crippen molar-refractivity contribution >= 4 is 18.2 Å². The first kappa shape index (κ1) is 10.0. The van der Waals surface area contributed by atoms with Crippen LogP contribution in [0, 0.1) is 10.1 Å². The Balaban J connectivity index is 2.95. The second-order valence-electron chi connectivity index (χ2n) is 2.48. The molecule has 0 aliphatic rings. The van der Waals surface area contributed by atoms with E-state index in [4.69, 9.17) is 0 Å². The van der Waals surface area contributed by atoms with Gasteiger partial charge in [0.05, 0.1) is 5.56 Å². The first-order valence-electron chi connectivity index (χ1n) is 3.95. The summed E-state index contributed by atoms with van der Waals surface area (Å²) in [6.07, 6.45) is 5.39. The van der Waals surface area contributed by atoms with E-state index in [2.05, 4.69) is 4.98 Å². The van der Waals surface area contributed by atoms with Crippen LogP contribution in [0.5, 0.6) is 0 Å². The molecular weight excluding hydrogens is 184 g/mol. The van der Waals surface area contributed by atoms with Crippen LogP contribution in [-0.2, 0) is 4.79 Å². The van der Waals surface area contributed by atoms with Crippen molar-refractivity contribution in [2.75, 3.05) is 0 Å². The SMILES string of the molecule is O=CCC=Cc1cccnc1[N+](=O)[O-]. The maximum atomic E-state index is 10.5. The van der Waals surface area contributed by atoms with Crippen molar-refractivity contribution < 1.29 is 9.72 Å². The Labute approximate surface area is 80.2 Å². The van der Waals surface area contributed by atoms with E-state index in [1.54, 1.807) is 18.2 Å². The summed E-state index contributed by atoms with van der Waals surface area (Å²) in [5, 5.41) is 10.5. The largest absolute Gasteiger partial charge is 0.370 e. The predicted molar refractivity (Wildman–Crippen MR) is 50.6 cm³/mol. The zero-order valence-corrected chi connectivity index (χ0v) is 7.29. The molecule has 1 aromatic rings.